The van der Waals surface area contributed by atoms with Gasteiger partial charge in [-0.1, -0.05) is 22.0 Å². The summed E-state index contributed by atoms with van der Waals surface area (Å²) in [5.74, 6) is -0.0156. The fourth-order valence-electron chi connectivity index (χ4n) is 2.92. The van der Waals surface area contributed by atoms with E-state index in [9.17, 15) is 4.79 Å². The van der Waals surface area contributed by atoms with Crippen LogP contribution in [0.4, 0.5) is 0 Å². The summed E-state index contributed by atoms with van der Waals surface area (Å²) in [6.07, 6.45) is 0. The Morgan fingerprint density at radius 2 is 1.92 bits per heavy atom. The molecule has 1 fully saturated rings. The molecule has 0 spiro atoms. The van der Waals surface area contributed by atoms with Gasteiger partial charge in [0.1, 0.15) is 0 Å². The topological polar surface area (TPSA) is 35.6 Å². The second-order valence-electron chi connectivity index (χ2n) is 6.09. The van der Waals surface area contributed by atoms with Crippen LogP contribution in [0.5, 0.6) is 0 Å². The number of nitrogens with zero attached hydrogens (tertiary/aromatic N) is 2. The number of nitrogens with one attached hydrogen (secondary N) is 1. The molecule has 1 aliphatic rings. The molecule has 0 bridgehead atoms. The Kier molecular flexibility index (Phi) is 6.05. The zero-order chi connectivity index (χ0) is 16.9. The number of hydrogen-bond acceptors (Lipinski definition) is 4. The number of benzene rings is 1. The molecule has 0 unspecified atom stereocenters. The number of likely N-dealkylation sites (N-methyl/N-ethyl adjacent to an activating group) is 1. The second kappa shape index (κ2) is 8.25. The van der Waals surface area contributed by atoms with Crippen molar-refractivity contribution in [3.8, 4) is 0 Å². The number of carbonyl (C=O) groups is 1. The van der Waals surface area contributed by atoms with Crippen LogP contribution in [-0.4, -0.2) is 55.5 Å². The van der Waals surface area contributed by atoms with Crippen molar-refractivity contribution in [2.45, 2.75) is 6.04 Å². The molecule has 1 aromatic carbocycles. The molecule has 2 heterocycles. The lowest BCUT2D eigenvalue weighted by Crippen LogP contribution is -2.48. The highest BCUT2D eigenvalue weighted by molar-refractivity contribution is 9.10. The lowest BCUT2D eigenvalue weighted by Gasteiger charge is -2.37. The molecule has 1 amide bonds. The lowest BCUT2D eigenvalue weighted by atomic mass is 10.1. The van der Waals surface area contributed by atoms with Gasteiger partial charge in [0.05, 0.1) is 6.04 Å². The Labute approximate surface area is 155 Å². The van der Waals surface area contributed by atoms with Gasteiger partial charge in [0, 0.05) is 47.6 Å². The van der Waals surface area contributed by atoms with Gasteiger partial charge in [-0.25, -0.2) is 0 Å². The summed E-state index contributed by atoms with van der Waals surface area (Å²) in [7, 11) is 2.16. The van der Waals surface area contributed by atoms with Gasteiger partial charge in [-0.15, -0.1) is 11.3 Å². The van der Waals surface area contributed by atoms with Crippen LogP contribution < -0.4 is 5.32 Å². The molecule has 1 atom stereocenters. The summed E-state index contributed by atoms with van der Waals surface area (Å²) in [5, 5.41) is 5.22. The molecule has 1 aliphatic heterocycles. The predicted octanol–water partition coefficient (Wildman–Crippen LogP) is 3.23. The van der Waals surface area contributed by atoms with Gasteiger partial charge in [-0.05, 0) is 42.8 Å². The largest absolute Gasteiger partial charge is 0.350 e. The first-order valence-corrected chi connectivity index (χ1v) is 9.80. The van der Waals surface area contributed by atoms with Crippen molar-refractivity contribution >= 4 is 33.2 Å². The molecule has 128 valence electrons. The minimum Gasteiger partial charge on any atom is -0.350 e. The van der Waals surface area contributed by atoms with Crippen LogP contribution in [0.2, 0.25) is 0 Å². The Balaban J connectivity index is 1.66. The van der Waals surface area contributed by atoms with Gasteiger partial charge in [0.2, 0.25) is 0 Å². The minimum atomic E-state index is -0.0156. The molecule has 1 N–H and O–H groups in total. The van der Waals surface area contributed by atoms with Crippen LogP contribution in [-0.2, 0) is 0 Å². The van der Waals surface area contributed by atoms with E-state index in [1.54, 1.807) is 11.3 Å². The van der Waals surface area contributed by atoms with Crippen LogP contribution in [0.25, 0.3) is 0 Å². The maximum atomic E-state index is 12.4. The van der Waals surface area contributed by atoms with Crippen LogP contribution >= 0.6 is 27.3 Å². The highest BCUT2D eigenvalue weighted by atomic mass is 79.9. The zero-order valence-electron chi connectivity index (χ0n) is 13.7. The first kappa shape index (κ1) is 17.6. The maximum Gasteiger partial charge on any atom is 0.251 e. The molecule has 24 heavy (non-hydrogen) atoms. The number of halogens is 1. The maximum absolute atomic E-state index is 12.4. The predicted molar refractivity (Wildman–Crippen MR) is 103 cm³/mol. The third kappa shape index (κ3) is 4.45. The van der Waals surface area contributed by atoms with Gasteiger partial charge in [-0.2, -0.15) is 0 Å². The zero-order valence-corrected chi connectivity index (χ0v) is 16.1. The number of piperazine rings is 1. The van der Waals surface area contributed by atoms with Crippen molar-refractivity contribution < 1.29 is 4.79 Å². The van der Waals surface area contributed by atoms with Gasteiger partial charge < -0.3 is 10.2 Å². The highest BCUT2D eigenvalue weighted by Gasteiger charge is 2.25. The molecule has 1 saturated heterocycles. The van der Waals surface area contributed by atoms with Crippen LogP contribution in [0.1, 0.15) is 21.3 Å². The van der Waals surface area contributed by atoms with Crippen molar-refractivity contribution in [2.24, 2.45) is 0 Å². The summed E-state index contributed by atoms with van der Waals surface area (Å²) in [6.45, 7) is 4.85. The molecule has 2 aromatic rings. The van der Waals surface area contributed by atoms with E-state index in [1.807, 2.05) is 24.3 Å². The number of thiophene rings is 1. The van der Waals surface area contributed by atoms with Crippen LogP contribution in [0, 0.1) is 0 Å². The van der Waals surface area contributed by atoms with Gasteiger partial charge in [-0.3, -0.25) is 9.69 Å². The highest BCUT2D eigenvalue weighted by Crippen LogP contribution is 2.25. The van der Waals surface area contributed by atoms with E-state index in [0.717, 1.165) is 30.7 Å². The summed E-state index contributed by atoms with van der Waals surface area (Å²) in [6, 6.07) is 12.0. The fraction of sp³-hybridized carbons (Fsp3) is 0.389. The Hall–Kier alpha value is -1.21. The van der Waals surface area contributed by atoms with E-state index >= 15 is 0 Å². The number of hydrogen-bond donors (Lipinski definition) is 1. The van der Waals surface area contributed by atoms with Crippen molar-refractivity contribution in [1.29, 1.82) is 0 Å². The van der Waals surface area contributed by atoms with Gasteiger partial charge in [0.15, 0.2) is 0 Å². The minimum absolute atomic E-state index is 0.0156. The Morgan fingerprint density at radius 1 is 1.21 bits per heavy atom. The standard InChI is InChI=1S/C18H22BrN3OS/c1-21-8-10-22(11-9-21)16(17-3-2-12-24-17)13-20-18(23)14-4-6-15(19)7-5-14/h2-7,12,16H,8-11,13H2,1H3,(H,20,23)/t16-/m0/s1. The quantitative estimate of drug-likeness (QED) is 0.825. The van der Waals surface area contributed by atoms with Crippen molar-refractivity contribution in [3.05, 3.63) is 56.7 Å². The molecular formula is C18H22BrN3OS. The summed E-state index contributed by atoms with van der Waals surface area (Å²) in [4.78, 5) is 18.6. The van der Waals surface area contributed by atoms with Crippen molar-refractivity contribution in [3.63, 3.8) is 0 Å². The van der Waals surface area contributed by atoms with E-state index in [-0.39, 0.29) is 11.9 Å². The summed E-state index contributed by atoms with van der Waals surface area (Å²) < 4.78 is 0.980. The van der Waals surface area contributed by atoms with E-state index < -0.39 is 0 Å². The third-order valence-corrected chi connectivity index (χ3v) is 5.91. The smallest absolute Gasteiger partial charge is 0.251 e. The number of amides is 1. The van der Waals surface area contributed by atoms with Crippen LogP contribution in [0.15, 0.2) is 46.3 Å². The van der Waals surface area contributed by atoms with E-state index in [2.05, 4.69) is 55.6 Å². The summed E-state index contributed by atoms with van der Waals surface area (Å²) >= 11 is 5.16. The summed E-state index contributed by atoms with van der Waals surface area (Å²) in [5.41, 5.74) is 0.696. The van der Waals surface area contributed by atoms with Crippen LogP contribution in [0.3, 0.4) is 0 Å². The molecule has 6 heteroatoms. The normalized spacial score (nSPS) is 17.6. The number of rotatable bonds is 5. The molecular weight excluding hydrogens is 386 g/mol. The fourth-order valence-corrected chi connectivity index (χ4v) is 4.04. The monoisotopic (exact) mass is 407 g/mol. The first-order chi connectivity index (χ1) is 11.6. The van der Waals surface area contributed by atoms with Gasteiger partial charge >= 0.3 is 0 Å². The average Bonchev–Trinajstić information content (AvgIpc) is 3.11. The molecule has 0 aliphatic carbocycles. The lowest BCUT2D eigenvalue weighted by molar-refractivity contribution is 0.0890. The molecule has 1 aromatic heterocycles. The first-order valence-electron chi connectivity index (χ1n) is 8.13. The number of carbonyl (C=O) groups excluding carboxylic acids is 1. The molecule has 4 nitrogen and oxygen atoms in total. The SMILES string of the molecule is CN1CCN([C@@H](CNC(=O)c2ccc(Br)cc2)c2cccs2)CC1. The van der Waals surface area contributed by atoms with E-state index in [4.69, 9.17) is 0 Å². The Bertz CT molecular complexity index is 651. The van der Waals surface area contributed by atoms with Crippen molar-refractivity contribution in [1.82, 2.24) is 15.1 Å². The molecule has 0 radical (unpaired) electrons. The van der Waals surface area contributed by atoms with E-state index in [1.165, 1.54) is 4.88 Å². The average molecular weight is 408 g/mol. The Morgan fingerprint density at radius 3 is 2.54 bits per heavy atom. The third-order valence-electron chi connectivity index (χ3n) is 4.41. The van der Waals surface area contributed by atoms with E-state index in [0.29, 0.717) is 12.1 Å². The second-order valence-corrected chi connectivity index (χ2v) is 7.98. The van der Waals surface area contributed by atoms with Gasteiger partial charge in [0.25, 0.3) is 5.91 Å². The molecule has 0 saturated carbocycles. The van der Waals surface area contributed by atoms with Crippen molar-refractivity contribution in [2.75, 3.05) is 39.8 Å². The molecule has 3 rings (SSSR count).